The van der Waals surface area contributed by atoms with Crippen LogP contribution in [0.4, 0.5) is 5.69 Å². The number of methoxy groups -OCH3 is 1. The molecule has 3 heteroatoms. The van der Waals surface area contributed by atoms with Crippen molar-refractivity contribution in [3.05, 3.63) is 29.8 Å². The molecule has 0 aliphatic carbocycles. The molecule has 0 saturated carbocycles. The van der Waals surface area contributed by atoms with Gasteiger partial charge < -0.3 is 15.2 Å². The van der Waals surface area contributed by atoms with E-state index in [1.807, 2.05) is 31.2 Å². The van der Waals surface area contributed by atoms with Crippen LogP contribution in [0.3, 0.4) is 0 Å². The molecule has 0 aromatic heterocycles. The van der Waals surface area contributed by atoms with Crippen LogP contribution in [0.5, 0.6) is 0 Å². The second-order valence-corrected chi connectivity index (χ2v) is 4.14. The second-order valence-electron chi connectivity index (χ2n) is 4.14. The minimum absolute atomic E-state index is 0.127. The van der Waals surface area contributed by atoms with Gasteiger partial charge in [0.15, 0.2) is 0 Å². The molecular weight excluding hydrogens is 202 g/mol. The van der Waals surface area contributed by atoms with Crippen molar-refractivity contribution < 1.29 is 9.84 Å². The lowest BCUT2D eigenvalue weighted by atomic mass is 10.1. The van der Waals surface area contributed by atoms with Gasteiger partial charge in [0.2, 0.25) is 0 Å². The highest BCUT2D eigenvalue weighted by molar-refractivity contribution is 5.52. The first-order chi connectivity index (χ1) is 7.56. The molecule has 0 amide bonds. The Morgan fingerprint density at radius 1 is 1.19 bits per heavy atom. The number of rotatable bonds is 5. The number of hydrogen-bond acceptors (Lipinski definition) is 3. The van der Waals surface area contributed by atoms with Gasteiger partial charge in [0.1, 0.15) is 0 Å². The SMILES string of the molecule is COC(C)C(C)Nc1ccccc1C(C)O. The van der Waals surface area contributed by atoms with Gasteiger partial charge in [-0.15, -0.1) is 0 Å². The van der Waals surface area contributed by atoms with E-state index < -0.39 is 6.10 Å². The predicted molar refractivity (Wildman–Crippen MR) is 66.6 cm³/mol. The molecule has 90 valence electrons. The topological polar surface area (TPSA) is 41.5 Å². The van der Waals surface area contributed by atoms with Crippen LogP contribution in [0.25, 0.3) is 0 Å². The molecule has 0 heterocycles. The van der Waals surface area contributed by atoms with Crippen molar-refractivity contribution in [3.8, 4) is 0 Å². The van der Waals surface area contributed by atoms with Gasteiger partial charge in [-0.25, -0.2) is 0 Å². The molecular formula is C13H21NO2. The van der Waals surface area contributed by atoms with Crippen LogP contribution in [0, 0.1) is 0 Å². The Morgan fingerprint density at radius 3 is 2.38 bits per heavy atom. The highest BCUT2D eigenvalue weighted by Crippen LogP contribution is 2.23. The highest BCUT2D eigenvalue weighted by Gasteiger charge is 2.13. The van der Waals surface area contributed by atoms with E-state index in [2.05, 4.69) is 12.2 Å². The summed E-state index contributed by atoms with van der Waals surface area (Å²) < 4.78 is 5.26. The molecule has 0 bridgehead atoms. The Morgan fingerprint density at radius 2 is 1.81 bits per heavy atom. The quantitative estimate of drug-likeness (QED) is 0.806. The minimum atomic E-state index is -0.464. The van der Waals surface area contributed by atoms with Crippen LogP contribution < -0.4 is 5.32 Å². The molecule has 16 heavy (non-hydrogen) atoms. The predicted octanol–water partition coefficient (Wildman–Crippen LogP) is 2.58. The lowest BCUT2D eigenvalue weighted by Gasteiger charge is -2.23. The molecule has 0 aliphatic rings. The third-order valence-electron chi connectivity index (χ3n) is 2.87. The van der Waals surface area contributed by atoms with E-state index in [0.717, 1.165) is 11.3 Å². The lowest BCUT2D eigenvalue weighted by molar-refractivity contribution is 0.106. The Bertz CT molecular complexity index is 325. The first kappa shape index (κ1) is 13.0. The molecule has 0 saturated heterocycles. The maximum Gasteiger partial charge on any atom is 0.0781 e. The Balaban J connectivity index is 2.80. The average molecular weight is 223 g/mol. The molecule has 0 aliphatic heterocycles. The Hall–Kier alpha value is -1.06. The molecule has 1 aromatic carbocycles. The molecule has 3 atom stereocenters. The molecule has 1 aromatic rings. The Labute approximate surface area is 97.4 Å². The third-order valence-corrected chi connectivity index (χ3v) is 2.87. The van der Waals surface area contributed by atoms with Crippen molar-refractivity contribution in [1.82, 2.24) is 0 Å². The summed E-state index contributed by atoms with van der Waals surface area (Å²) in [6.07, 6.45) is -0.337. The van der Waals surface area contributed by atoms with Crippen LogP contribution in [-0.2, 0) is 4.74 Å². The molecule has 2 N–H and O–H groups in total. The fourth-order valence-electron chi connectivity index (χ4n) is 1.56. The lowest BCUT2D eigenvalue weighted by Crippen LogP contribution is -2.30. The van der Waals surface area contributed by atoms with Gasteiger partial charge in [0.25, 0.3) is 0 Å². The molecule has 0 spiro atoms. The van der Waals surface area contributed by atoms with E-state index in [0.29, 0.717) is 0 Å². The van der Waals surface area contributed by atoms with E-state index in [9.17, 15) is 5.11 Å². The van der Waals surface area contributed by atoms with Crippen LogP contribution in [0.1, 0.15) is 32.4 Å². The smallest absolute Gasteiger partial charge is 0.0781 e. The molecule has 3 unspecified atom stereocenters. The molecule has 1 rings (SSSR count). The number of anilines is 1. The van der Waals surface area contributed by atoms with E-state index in [4.69, 9.17) is 4.74 Å². The van der Waals surface area contributed by atoms with Crippen LogP contribution in [0.2, 0.25) is 0 Å². The van der Waals surface area contributed by atoms with E-state index >= 15 is 0 Å². The number of aliphatic hydroxyl groups excluding tert-OH is 1. The molecule has 0 fully saturated rings. The fourth-order valence-corrected chi connectivity index (χ4v) is 1.56. The van der Waals surface area contributed by atoms with Gasteiger partial charge in [0, 0.05) is 24.4 Å². The summed E-state index contributed by atoms with van der Waals surface area (Å²) in [5.74, 6) is 0. The summed E-state index contributed by atoms with van der Waals surface area (Å²) in [6.45, 7) is 5.85. The average Bonchev–Trinajstić information content (AvgIpc) is 2.28. The Kier molecular flexibility index (Phi) is 4.77. The second kappa shape index (κ2) is 5.87. The van der Waals surface area contributed by atoms with Gasteiger partial charge in [-0.05, 0) is 26.8 Å². The highest BCUT2D eigenvalue weighted by atomic mass is 16.5. The van der Waals surface area contributed by atoms with Crippen molar-refractivity contribution in [3.63, 3.8) is 0 Å². The van der Waals surface area contributed by atoms with Crippen molar-refractivity contribution in [1.29, 1.82) is 0 Å². The monoisotopic (exact) mass is 223 g/mol. The van der Waals surface area contributed by atoms with Gasteiger partial charge in [-0.2, -0.15) is 0 Å². The first-order valence-corrected chi connectivity index (χ1v) is 5.62. The standard InChI is InChI=1S/C13H21NO2/c1-9(11(3)16-4)14-13-8-6-5-7-12(13)10(2)15/h5-11,14-15H,1-4H3. The number of nitrogens with one attached hydrogen (secondary N) is 1. The van der Waals surface area contributed by atoms with Gasteiger partial charge >= 0.3 is 0 Å². The summed E-state index contributed by atoms with van der Waals surface area (Å²) >= 11 is 0. The zero-order valence-corrected chi connectivity index (χ0v) is 10.4. The first-order valence-electron chi connectivity index (χ1n) is 5.62. The summed E-state index contributed by atoms with van der Waals surface area (Å²) in [6, 6.07) is 7.98. The van der Waals surface area contributed by atoms with Gasteiger partial charge in [-0.3, -0.25) is 0 Å². The summed E-state index contributed by atoms with van der Waals surface area (Å²) in [5, 5.41) is 13.0. The van der Waals surface area contributed by atoms with Crippen molar-refractivity contribution in [2.45, 2.75) is 39.0 Å². The van der Waals surface area contributed by atoms with Crippen LogP contribution in [0.15, 0.2) is 24.3 Å². The van der Waals surface area contributed by atoms with Crippen LogP contribution >= 0.6 is 0 Å². The van der Waals surface area contributed by atoms with E-state index in [1.54, 1.807) is 14.0 Å². The van der Waals surface area contributed by atoms with E-state index in [-0.39, 0.29) is 12.1 Å². The maximum atomic E-state index is 9.64. The normalized spacial score (nSPS) is 16.6. The molecule has 3 nitrogen and oxygen atoms in total. The van der Waals surface area contributed by atoms with Gasteiger partial charge in [0.05, 0.1) is 12.2 Å². The maximum absolute atomic E-state index is 9.64. The summed E-state index contributed by atoms with van der Waals surface area (Å²) in [5.41, 5.74) is 1.88. The number of benzene rings is 1. The van der Waals surface area contributed by atoms with Crippen molar-refractivity contribution in [2.75, 3.05) is 12.4 Å². The zero-order valence-electron chi connectivity index (χ0n) is 10.4. The fraction of sp³-hybridized carbons (Fsp3) is 0.538. The molecule has 0 radical (unpaired) electrons. The number of para-hydroxylation sites is 1. The number of hydrogen-bond donors (Lipinski definition) is 2. The third kappa shape index (κ3) is 3.22. The summed E-state index contributed by atoms with van der Waals surface area (Å²) in [7, 11) is 1.70. The number of aliphatic hydroxyl groups is 1. The van der Waals surface area contributed by atoms with Crippen molar-refractivity contribution >= 4 is 5.69 Å². The van der Waals surface area contributed by atoms with Crippen LogP contribution in [-0.4, -0.2) is 24.4 Å². The summed E-state index contributed by atoms with van der Waals surface area (Å²) in [4.78, 5) is 0. The minimum Gasteiger partial charge on any atom is -0.389 e. The van der Waals surface area contributed by atoms with Crippen molar-refractivity contribution in [2.24, 2.45) is 0 Å². The van der Waals surface area contributed by atoms with E-state index in [1.165, 1.54) is 0 Å². The zero-order chi connectivity index (χ0) is 12.1. The largest absolute Gasteiger partial charge is 0.389 e. The van der Waals surface area contributed by atoms with Gasteiger partial charge in [-0.1, -0.05) is 18.2 Å². The number of ether oxygens (including phenoxy) is 1.